The monoisotopic (exact) mass is 330 g/mol. The summed E-state index contributed by atoms with van der Waals surface area (Å²) in [6, 6.07) is -0.152. The Morgan fingerprint density at radius 2 is 1.96 bits per heavy atom. The first-order valence-corrected chi connectivity index (χ1v) is 8.12. The molecule has 3 atom stereocenters. The Labute approximate surface area is 132 Å². The van der Waals surface area contributed by atoms with E-state index in [-0.39, 0.29) is 12.5 Å². The van der Waals surface area contributed by atoms with Gasteiger partial charge in [-0.3, -0.25) is 4.79 Å². The zero-order valence-electron chi connectivity index (χ0n) is 13.1. The van der Waals surface area contributed by atoms with Crippen LogP contribution in [0.4, 0.5) is 13.2 Å². The highest BCUT2D eigenvalue weighted by molar-refractivity contribution is 5.79. The van der Waals surface area contributed by atoms with Crippen LogP contribution in [-0.4, -0.2) is 32.9 Å². The highest BCUT2D eigenvalue weighted by Gasteiger charge is 2.48. The van der Waals surface area contributed by atoms with Crippen molar-refractivity contribution in [3.05, 3.63) is 11.6 Å². The third kappa shape index (κ3) is 3.35. The lowest BCUT2D eigenvalue weighted by Crippen LogP contribution is -2.48. The minimum Gasteiger partial charge on any atom is -0.351 e. The lowest BCUT2D eigenvalue weighted by atomic mass is 9.78. The maximum absolute atomic E-state index is 13.1. The van der Waals surface area contributed by atoms with Crippen molar-refractivity contribution in [2.75, 3.05) is 0 Å². The van der Waals surface area contributed by atoms with Gasteiger partial charge in [0.05, 0.1) is 5.92 Å². The van der Waals surface area contributed by atoms with E-state index in [1.165, 1.54) is 0 Å². The van der Waals surface area contributed by atoms with Crippen LogP contribution in [0.5, 0.6) is 0 Å². The van der Waals surface area contributed by atoms with Crippen LogP contribution in [0.1, 0.15) is 43.8 Å². The quantitative estimate of drug-likeness (QED) is 0.906. The number of halogens is 3. The Balaban J connectivity index is 1.66. The zero-order valence-corrected chi connectivity index (χ0v) is 13.1. The fourth-order valence-electron chi connectivity index (χ4n) is 3.72. The summed E-state index contributed by atoms with van der Waals surface area (Å²) in [6.07, 6.45) is -1.33. The summed E-state index contributed by atoms with van der Waals surface area (Å²) in [5.41, 5.74) is 0. The van der Waals surface area contributed by atoms with Crippen LogP contribution in [0.25, 0.3) is 0 Å². The number of hydrogen-bond donors (Lipinski definition) is 1. The second-order valence-electron chi connectivity index (χ2n) is 6.56. The molecule has 2 aliphatic rings. The molecule has 1 N–H and O–H groups in total. The molecule has 128 valence electrons. The fraction of sp³-hybridized carbons (Fsp3) is 0.800. The second kappa shape index (κ2) is 6.13. The van der Waals surface area contributed by atoms with Crippen LogP contribution in [0.3, 0.4) is 0 Å². The van der Waals surface area contributed by atoms with E-state index in [1.807, 2.05) is 11.5 Å². The number of aryl methyl sites for hydroxylation is 2. The Morgan fingerprint density at radius 3 is 2.70 bits per heavy atom. The van der Waals surface area contributed by atoms with Crippen LogP contribution in [-0.2, 0) is 17.8 Å². The summed E-state index contributed by atoms with van der Waals surface area (Å²) >= 11 is 0. The van der Waals surface area contributed by atoms with Gasteiger partial charge in [-0.25, -0.2) is 0 Å². The van der Waals surface area contributed by atoms with Crippen molar-refractivity contribution in [1.29, 1.82) is 0 Å². The first-order chi connectivity index (χ1) is 10.9. The van der Waals surface area contributed by atoms with Crippen molar-refractivity contribution in [3.8, 4) is 0 Å². The van der Waals surface area contributed by atoms with Crippen molar-refractivity contribution in [3.63, 3.8) is 0 Å². The molecule has 0 unspecified atom stereocenters. The number of amides is 1. The summed E-state index contributed by atoms with van der Waals surface area (Å²) in [4.78, 5) is 12.4. The molecule has 1 saturated carbocycles. The molecule has 0 bridgehead atoms. The van der Waals surface area contributed by atoms with E-state index in [0.29, 0.717) is 38.6 Å². The Kier molecular flexibility index (Phi) is 4.33. The molecule has 2 heterocycles. The lowest BCUT2D eigenvalue weighted by molar-refractivity contribution is -0.198. The topological polar surface area (TPSA) is 59.8 Å². The van der Waals surface area contributed by atoms with E-state index in [1.54, 1.807) is 0 Å². The summed E-state index contributed by atoms with van der Waals surface area (Å²) in [6.45, 7) is 2.37. The molecule has 1 amide bonds. The van der Waals surface area contributed by atoms with Gasteiger partial charge in [0, 0.05) is 24.9 Å². The van der Waals surface area contributed by atoms with E-state index in [4.69, 9.17) is 0 Å². The molecule has 0 spiro atoms. The second-order valence-corrected chi connectivity index (χ2v) is 6.56. The van der Waals surface area contributed by atoms with Crippen molar-refractivity contribution >= 4 is 5.91 Å². The van der Waals surface area contributed by atoms with Gasteiger partial charge < -0.3 is 9.88 Å². The fourth-order valence-corrected chi connectivity index (χ4v) is 3.72. The molecular formula is C15H21F3N4O. The van der Waals surface area contributed by atoms with Gasteiger partial charge in [0.1, 0.15) is 11.6 Å². The molecule has 1 aliphatic carbocycles. The van der Waals surface area contributed by atoms with E-state index >= 15 is 0 Å². The lowest BCUT2D eigenvalue weighted by Gasteiger charge is -2.34. The van der Waals surface area contributed by atoms with Gasteiger partial charge in [-0.05, 0) is 26.2 Å². The van der Waals surface area contributed by atoms with E-state index < -0.39 is 23.9 Å². The predicted octanol–water partition coefficient (Wildman–Crippen LogP) is 2.39. The highest BCUT2D eigenvalue weighted by Crippen LogP contribution is 2.41. The largest absolute Gasteiger partial charge is 0.392 e. The molecule has 0 radical (unpaired) electrons. The van der Waals surface area contributed by atoms with Crippen molar-refractivity contribution < 1.29 is 18.0 Å². The number of fused-ring (bicyclic) bond motifs is 1. The summed E-state index contributed by atoms with van der Waals surface area (Å²) < 4.78 is 41.3. The number of carbonyl (C=O) groups is 1. The van der Waals surface area contributed by atoms with Crippen molar-refractivity contribution in [2.45, 2.75) is 64.2 Å². The van der Waals surface area contributed by atoms with Crippen LogP contribution in [0.15, 0.2) is 0 Å². The van der Waals surface area contributed by atoms with E-state index in [0.717, 1.165) is 11.6 Å². The number of aromatic nitrogens is 3. The maximum Gasteiger partial charge on any atom is 0.392 e. The molecule has 3 rings (SSSR count). The Morgan fingerprint density at radius 1 is 1.22 bits per heavy atom. The molecule has 1 aromatic heterocycles. The summed E-state index contributed by atoms with van der Waals surface area (Å²) in [7, 11) is 0. The molecule has 0 saturated heterocycles. The molecule has 0 aromatic carbocycles. The third-order valence-electron chi connectivity index (χ3n) is 5.00. The maximum atomic E-state index is 13.1. The molecule has 5 nitrogen and oxygen atoms in total. The first kappa shape index (κ1) is 16.3. The minimum atomic E-state index is -4.30. The standard InChI is InChI=1S/C15H21F3N4O/c1-9-20-21-13-7-6-10(8-22(9)13)19-14(23)11-4-2-3-5-12(11)15(16,17)18/h10-12H,2-8H2,1H3,(H,19,23)/t10-,11-,12+/m1/s1. The Bertz CT molecular complexity index is 584. The van der Waals surface area contributed by atoms with Gasteiger partial charge in [0.2, 0.25) is 5.91 Å². The Hall–Kier alpha value is -1.60. The van der Waals surface area contributed by atoms with Crippen molar-refractivity contribution in [2.24, 2.45) is 11.8 Å². The summed E-state index contributed by atoms with van der Waals surface area (Å²) in [5.74, 6) is -1.27. The van der Waals surface area contributed by atoms with Gasteiger partial charge in [-0.1, -0.05) is 12.8 Å². The number of carbonyl (C=O) groups excluding carboxylic acids is 1. The van der Waals surface area contributed by atoms with Gasteiger partial charge in [0.25, 0.3) is 0 Å². The number of alkyl halides is 3. The van der Waals surface area contributed by atoms with Gasteiger partial charge in [-0.15, -0.1) is 10.2 Å². The smallest absolute Gasteiger partial charge is 0.351 e. The first-order valence-electron chi connectivity index (χ1n) is 8.12. The number of rotatable bonds is 2. The molecule has 1 aliphatic heterocycles. The number of nitrogens with one attached hydrogen (secondary N) is 1. The number of nitrogens with zero attached hydrogens (tertiary/aromatic N) is 3. The minimum absolute atomic E-state index is 0.0565. The molecule has 1 aromatic rings. The normalized spacial score (nSPS) is 28.3. The van der Waals surface area contributed by atoms with E-state index in [9.17, 15) is 18.0 Å². The molecule has 23 heavy (non-hydrogen) atoms. The molecular weight excluding hydrogens is 309 g/mol. The van der Waals surface area contributed by atoms with Gasteiger partial charge in [-0.2, -0.15) is 13.2 Å². The predicted molar refractivity (Wildman–Crippen MR) is 76.5 cm³/mol. The van der Waals surface area contributed by atoms with Crippen LogP contribution in [0.2, 0.25) is 0 Å². The van der Waals surface area contributed by atoms with Crippen LogP contribution in [0, 0.1) is 18.8 Å². The SMILES string of the molecule is Cc1nnc2n1C[C@H](NC(=O)[C@@H]1CCCC[C@@H]1C(F)(F)F)CC2. The van der Waals surface area contributed by atoms with Crippen LogP contribution < -0.4 is 5.32 Å². The molecule has 8 heteroatoms. The van der Waals surface area contributed by atoms with Crippen LogP contribution >= 0.6 is 0 Å². The highest BCUT2D eigenvalue weighted by atomic mass is 19.4. The van der Waals surface area contributed by atoms with Gasteiger partial charge in [0.15, 0.2) is 0 Å². The van der Waals surface area contributed by atoms with Gasteiger partial charge >= 0.3 is 6.18 Å². The molecule has 1 fully saturated rings. The average Bonchev–Trinajstić information content (AvgIpc) is 2.87. The third-order valence-corrected chi connectivity index (χ3v) is 5.00. The zero-order chi connectivity index (χ0) is 16.6. The summed E-state index contributed by atoms with van der Waals surface area (Å²) in [5, 5.41) is 10.9. The van der Waals surface area contributed by atoms with E-state index in [2.05, 4.69) is 15.5 Å². The number of hydrogen-bond acceptors (Lipinski definition) is 3. The van der Waals surface area contributed by atoms with Crippen molar-refractivity contribution in [1.82, 2.24) is 20.1 Å². The average molecular weight is 330 g/mol.